The first-order chi connectivity index (χ1) is 9.92. The number of aliphatic hydroxyl groups is 1. The van der Waals surface area contributed by atoms with Crippen LogP contribution in [0.4, 0.5) is 14.5 Å². The monoisotopic (exact) mass is 315 g/mol. The first-order valence-electron chi connectivity index (χ1n) is 5.63. The zero-order valence-electron chi connectivity index (χ0n) is 10.3. The van der Waals surface area contributed by atoms with Crippen molar-refractivity contribution in [2.24, 2.45) is 0 Å². The van der Waals surface area contributed by atoms with Gasteiger partial charge in [-0.3, -0.25) is 10.1 Å². The van der Waals surface area contributed by atoms with E-state index in [9.17, 15) is 18.9 Å². The van der Waals surface area contributed by atoms with Crippen molar-refractivity contribution in [1.82, 2.24) is 0 Å². The molecule has 0 aliphatic rings. The van der Waals surface area contributed by atoms with Gasteiger partial charge < -0.3 is 9.84 Å². The third kappa shape index (κ3) is 3.26. The van der Waals surface area contributed by atoms with Crippen LogP contribution in [0.5, 0.6) is 11.5 Å². The molecule has 0 fully saturated rings. The van der Waals surface area contributed by atoms with Gasteiger partial charge >= 0.3 is 5.69 Å². The molecule has 0 saturated heterocycles. The number of benzene rings is 2. The third-order valence-corrected chi connectivity index (χ3v) is 2.89. The Morgan fingerprint density at radius 3 is 2.48 bits per heavy atom. The molecule has 2 aromatic carbocycles. The number of nitro benzene ring substituents is 1. The molecule has 21 heavy (non-hydrogen) atoms. The summed E-state index contributed by atoms with van der Waals surface area (Å²) in [6.45, 7) is -0.236. The van der Waals surface area contributed by atoms with Gasteiger partial charge in [-0.05, 0) is 17.7 Å². The summed E-state index contributed by atoms with van der Waals surface area (Å²) in [5, 5.41) is 19.5. The molecule has 0 unspecified atom stereocenters. The Kier molecular flexibility index (Phi) is 4.35. The van der Waals surface area contributed by atoms with Crippen LogP contribution in [-0.4, -0.2) is 10.0 Å². The Labute approximate surface area is 122 Å². The molecule has 0 atom stereocenters. The van der Waals surface area contributed by atoms with Crippen LogP contribution in [0.1, 0.15) is 5.56 Å². The fourth-order valence-electron chi connectivity index (χ4n) is 1.58. The number of nitrogens with zero attached hydrogens (tertiary/aromatic N) is 1. The number of aliphatic hydroxyl groups excluding tert-OH is 1. The zero-order chi connectivity index (χ0) is 15.6. The summed E-state index contributed by atoms with van der Waals surface area (Å²) < 4.78 is 32.2. The number of ether oxygens (including phenoxy) is 1. The van der Waals surface area contributed by atoms with Crippen molar-refractivity contribution >= 4 is 17.3 Å². The lowest BCUT2D eigenvalue weighted by molar-refractivity contribution is -0.387. The lowest BCUT2D eigenvalue weighted by atomic mass is 10.2. The smallest absolute Gasteiger partial charge is 0.307 e. The van der Waals surface area contributed by atoms with Gasteiger partial charge in [0.25, 0.3) is 0 Å². The summed E-state index contributed by atoms with van der Waals surface area (Å²) in [5.41, 5.74) is -0.468. The Morgan fingerprint density at radius 2 is 1.90 bits per heavy atom. The molecule has 110 valence electrons. The van der Waals surface area contributed by atoms with Crippen molar-refractivity contribution < 1.29 is 23.5 Å². The van der Waals surface area contributed by atoms with Crippen LogP contribution in [0, 0.1) is 21.7 Å². The van der Waals surface area contributed by atoms with Crippen LogP contribution in [0.25, 0.3) is 0 Å². The van der Waals surface area contributed by atoms with Crippen molar-refractivity contribution in [2.75, 3.05) is 0 Å². The second-order valence-corrected chi connectivity index (χ2v) is 4.42. The van der Waals surface area contributed by atoms with E-state index in [1.165, 1.54) is 18.2 Å². The predicted molar refractivity (Wildman–Crippen MR) is 70.5 cm³/mol. The van der Waals surface area contributed by atoms with Gasteiger partial charge in [-0.2, -0.15) is 4.39 Å². The summed E-state index contributed by atoms with van der Waals surface area (Å²) >= 11 is 5.87. The number of rotatable bonds is 4. The molecule has 0 spiro atoms. The molecule has 0 aliphatic heterocycles. The summed E-state index contributed by atoms with van der Waals surface area (Å²) in [7, 11) is 0. The van der Waals surface area contributed by atoms with Gasteiger partial charge in [0.1, 0.15) is 5.75 Å². The molecule has 5 nitrogen and oxygen atoms in total. The fraction of sp³-hybridized carbons (Fsp3) is 0.0769. The van der Waals surface area contributed by atoms with Gasteiger partial charge in [-0.15, -0.1) is 0 Å². The lowest BCUT2D eigenvalue weighted by Crippen LogP contribution is -1.97. The maximum Gasteiger partial charge on any atom is 0.307 e. The van der Waals surface area contributed by atoms with Gasteiger partial charge in [0, 0.05) is 6.07 Å². The molecular formula is C13H8ClF2NO4. The largest absolute Gasteiger partial charge is 0.453 e. The minimum Gasteiger partial charge on any atom is -0.453 e. The highest BCUT2D eigenvalue weighted by molar-refractivity contribution is 6.32. The molecule has 0 saturated carbocycles. The molecule has 2 aromatic rings. The average molecular weight is 316 g/mol. The van der Waals surface area contributed by atoms with Gasteiger partial charge in [-0.1, -0.05) is 17.7 Å². The summed E-state index contributed by atoms with van der Waals surface area (Å²) in [5.74, 6) is -2.82. The topological polar surface area (TPSA) is 72.6 Å². The fourth-order valence-corrected chi connectivity index (χ4v) is 1.82. The SMILES string of the molecule is O=[N+]([O-])c1cc(F)c(Oc2ccc(CO)cc2Cl)cc1F. The van der Waals surface area contributed by atoms with Crippen molar-refractivity contribution in [2.45, 2.75) is 6.61 Å². The first-order valence-corrected chi connectivity index (χ1v) is 6.00. The van der Waals surface area contributed by atoms with Gasteiger partial charge in [0.05, 0.1) is 22.6 Å². The van der Waals surface area contributed by atoms with Crippen LogP contribution in [0.2, 0.25) is 5.02 Å². The summed E-state index contributed by atoms with van der Waals surface area (Å²) in [6, 6.07) is 5.26. The maximum atomic E-state index is 13.7. The van der Waals surface area contributed by atoms with E-state index in [-0.39, 0.29) is 17.4 Å². The van der Waals surface area contributed by atoms with Crippen LogP contribution in [-0.2, 0) is 6.61 Å². The zero-order valence-corrected chi connectivity index (χ0v) is 11.1. The normalized spacial score (nSPS) is 10.5. The first kappa shape index (κ1) is 15.1. The van der Waals surface area contributed by atoms with Gasteiger partial charge in [0.2, 0.25) is 5.82 Å². The second kappa shape index (κ2) is 6.02. The average Bonchev–Trinajstić information content (AvgIpc) is 2.44. The van der Waals surface area contributed by atoms with Crippen molar-refractivity contribution in [3.63, 3.8) is 0 Å². The Bertz CT molecular complexity index is 709. The lowest BCUT2D eigenvalue weighted by Gasteiger charge is -2.09. The Balaban J connectivity index is 2.36. The highest BCUT2D eigenvalue weighted by Crippen LogP contribution is 2.34. The molecule has 0 amide bonds. The van der Waals surface area contributed by atoms with E-state index in [0.29, 0.717) is 17.7 Å². The van der Waals surface area contributed by atoms with Gasteiger partial charge in [-0.25, -0.2) is 4.39 Å². The van der Waals surface area contributed by atoms with Crippen LogP contribution in [0.3, 0.4) is 0 Å². The third-order valence-electron chi connectivity index (χ3n) is 2.60. The minimum atomic E-state index is -1.22. The highest BCUT2D eigenvalue weighted by Gasteiger charge is 2.20. The van der Waals surface area contributed by atoms with Crippen molar-refractivity contribution in [1.29, 1.82) is 0 Å². The summed E-state index contributed by atoms with van der Waals surface area (Å²) in [6.07, 6.45) is 0. The van der Waals surface area contributed by atoms with E-state index in [0.717, 1.165) is 0 Å². The van der Waals surface area contributed by atoms with Gasteiger partial charge in [0.15, 0.2) is 11.6 Å². The Hall–Kier alpha value is -2.25. The number of hydrogen-bond donors (Lipinski definition) is 1. The number of hydrogen-bond acceptors (Lipinski definition) is 4. The van der Waals surface area contributed by atoms with E-state index in [1.807, 2.05) is 0 Å². The Morgan fingerprint density at radius 1 is 1.19 bits per heavy atom. The van der Waals surface area contributed by atoms with E-state index < -0.39 is 28.0 Å². The van der Waals surface area contributed by atoms with Crippen molar-refractivity contribution in [3.8, 4) is 11.5 Å². The molecule has 1 N–H and O–H groups in total. The van der Waals surface area contributed by atoms with Crippen LogP contribution in [0.15, 0.2) is 30.3 Å². The van der Waals surface area contributed by atoms with Crippen LogP contribution >= 0.6 is 11.6 Å². The molecule has 0 heterocycles. The quantitative estimate of drug-likeness (QED) is 0.688. The van der Waals surface area contributed by atoms with Crippen molar-refractivity contribution in [3.05, 3.63) is 62.7 Å². The molecule has 8 heteroatoms. The van der Waals surface area contributed by atoms with E-state index >= 15 is 0 Å². The second-order valence-electron chi connectivity index (χ2n) is 4.02. The predicted octanol–water partition coefficient (Wildman–Crippen LogP) is 3.81. The minimum absolute atomic E-state index is 0.0287. The summed E-state index contributed by atoms with van der Waals surface area (Å²) in [4.78, 5) is 9.45. The maximum absolute atomic E-state index is 13.7. The van der Waals surface area contributed by atoms with Crippen LogP contribution < -0.4 is 4.74 Å². The molecular weight excluding hydrogens is 308 g/mol. The van der Waals surface area contributed by atoms with E-state index in [4.69, 9.17) is 21.4 Å². The number of nitro groups is 1. The molecule has 2 rings (SSSR count). The molecule has 0 aliphatic carbocycles. The standard InChI is InChI=1S/C13H8ClF2NO4/c14-8-3-7(6-18)1-2-12(8)21-13-5-9(15)11(17(19)20)4-10(13)16/h1-5,18H,6H2. The molecule has 0 aromatic heterocycles. The molecule has 0 bridgehead atoms. The number of halogens is 3. The molecule has 0 radical (unpaired) electrons. The van der Waals surface area contributed by atoms with E-state index in [2.05, 4.69) is 0 Å². The highest BCUT2D eigenvalue weighted by atomic mass is 35.5. The van der Waals surface area contributed by atoms with E-state index in [1.54, 1.807) is 0 Å².